The molecule has 1 aromatic carbocycles. The van der Waals surface area contributed by atoms with Crippen molar-refractivity contribution in [2.75, 3.05) is 25.9 Å². The van der Waals surface area contributed by atoms with Crippen molar-refractivity contribution in [3.63, 3.8) is 0 Å². The summed E-state index contributed by atoms with van der Waals surface area (Å²) >= 11 is 0. The minimum atomic E-state index is 0.0207. The maximum absolute atomic E-state index is 12.5. The molecule has 0 radical (unpaired) electrons. The van der Waals surface area contributed by atoms with Gasteiger partial charge in [0.15, 0.2) is 5.82 Å². The fourth-order valence-corrected chi connectivity index (χ4v) is 3.02. The molecule has 2 N–H and O–H groups in total. The molecule has 6 heteroatoms. The molecule has 1 amide bonds. The predicted octanol–water partition coefficient (Wildman–Crippen LogP) is 2.76. The molecule has 1 aromatic heterocycles. The Labute approximate surface area is 148 Å². The summed E-state index contributed by atoms with van der Waals surface area (Å²) < 4.78 is 5.62. The minimum absolute atomic E-state index is 0.0207. The van der Waals surface area contributed by atoms with E-state index in [1.807, 2.05) is 19.2 Å². The summed E-state index contributed by atoms with van der Waals surface area (Å²) in [6, 6.07) is 8.96. The molecule has 0 aliphatic carbocycles. The molecular formula is C19H24N4O2. The first kappa shape index (κ1) is 17.4. The molecule has 1 fully saturated rings. The molecule has 1 atom stereocenters. The van der Waals surface area contributed by atoms with Crippen LogP contribution in [0.25, 0.3) is 11.4 Å². The van der Waals surface area contributed by atoms with E-state index in [9.17, 15) is 4.79 Å². The molecular weight excluding hydrogens is 316 g/mol. The number of carbonyl (C=O) groups excluding carboxylic acids is 1. The van der Waals surface area contributed by atoms with E-state index in [1.165, 1.54) is 0 Å². The van der Waals surface area contributed by atoms with Crippen LogP contribution in [0.2, 0.25) is 0 Å². The Morgan fingerprint density at radius 1 is 1.32 bits per heavy atom. The average Bonchev–Trinajstić information content (AvgIpc) is 3.14. The van der Waals surface area contributed by atoms with Crippen LogP contribution in [-0.4, -0.2) is 47.1 Å². The van der Waals surface area contributed by atoms with E-state index in [0.717, 1.165) is 44.4 Å². The summed E-state index contributed by atoms with van der Waals surface area (Å²) in [5.41, 5.74) is 7.18. The number of nitrogens with two attached hydrogens (primary N) is 1. The van der Waals surface area contributed by atoms with Crippen LogP contribution < -0.4 is 5.73 Å². The first-order valence-electron chi connectivity index (χ1n) is 8.69. The lowest BCUT2D eigenvalue weighted by Crippen LogP contribution is -2.28. The highest BCUT2D eigenvalue weighted by atomic mass is 16.5. The topological polar surface area (TPSA) is 81.3 Å². The predicted molar refractivity (Wildman–Crippen MR) is 97.0 cm³/mol. The van der Waals surface area contributed by atoms with E-state index in [2.05, 4.69) is 9.97 Å². The van der Waals surface area contributed by atoms with Crippen molar-refractivity contribution in [1.29, 1.82) is 0 Å². The monoisotopic (exact) mass is 340 g/mol. The number of anilines is 1. The van der Waals surface area contributed by atoms with Crippen LogP contribution >= 0.6 is 0 Å². The third-order valence-electron chi connectivity index (χ3n) is 4.46. The van der Waals surface area contributed by atoms with Crippen LogP contribution in [0.1, 0.15) is 36.0 Å². The number of hydrogen-bond donors (Lipinski definition) is 1. The van der Waals surface area contributed by atoms with E-state index in [-0.39, 0.29) is 5.91 Å². The SMILES string of the molecule is CN(CCCC1CCCO1)C(=O)c1ccc(-c2nccc(N)n2)cc1. The van der Waals surface area contributed by atoms with Crippen molar-refractivity contribution >= 4 is 11.7 Å². The molecule has 1 saturated heterocycles. The molecule has 1 aliphatic heterocycles. The van der Waals surface area contributed by atoms with Crippen LogP contribution in [0.5, 0.6) is 0 Å². The molecule has 2 heterocycles. The van der Waals surface area contributed by atoms with Crippen molar-refractivity contribution in [1.82, 2.24) is 14.9 Å². The van der Waals surface area contributed by atoms with E-state index in [0.29, 0.717) is 23.3 Å². The van der Waals surface area contributed by atoms with Gasteiger partial charge in [0.1, 0.15) is 5.82 Å². The first-order chi connectivity index (χ1) is 12.1. The summed E-state index contributed by atoms with van der Waals surface area (Å²) in [6.07, 6.45) is 6.28. The Morgan fingerprint density at radius 2 is 2.12 bits per heavy atom. The lowest BCUT2D eigenvalue weighted by Gasteiger charge is -2.18. The normalized spacial score (nSPS) is 16.8. The van der Waals surface area contributed by atoms with E-state index in [4.69, 9.17) is 10.5 Å². The molecule has 25 heavy (non-hydrogen) atoms. The Kier molecular flexibility index (Phi) is 5.60. The number of nitrogen functional groups attached to an aromatic ring is 1. The van der Waals surface area contributed by atoms with E-state index >= 15 is 0 Å². The van der Waals surface area contributed by atoms with Gasteiger partial charge in [-0.2, -0.15) is 0 Å². The summed E-state index contributed by atoms with van der Waals surface area (Å²) in [5, 5.41) is 0. The van der Waals surface area contributed by atoms with Crippen molar-refractivity contribution in [3.05, 3.63) is 42.1 Å². The Balaban J connectivity index is 1.56. The highest BCUT2D eigenvalue weighted by Crippen LogP contribution is 2.18. The van der Waals surface area contributed by atoms with Crippen LogP contribution in [0.15, 0.2) is 36.5 Å². The van der Waals surface area contributed by atoms with Gasteiger partial charge in [-0.1, -0.05) is 12.1 Å². The Hall–Kier alpha value is -2.47. The van der Waals surface area contributed by atoms with Gasteiger partial charge in [-0.3, -0.25) is 4.79 Å². The summed E-state index contributed by atoms with van der Waals surface area (Å²) in [6.45, 7) is 1.61. The molecule has 1 aliphatic rings. The number of carbonyl (C=O) groups is 1. The molecule has 2 aromatic rings. The van der Waals surface area contributed by atoms with E-state index < -0.39 is 0 Å². The second-order valence-electron chi connectivity index (χ2n) is 6.39. The maximum atomic E-state index is 12.5. The molecule has 132 valence electrons. The fraction of sp³-hybridized carbons (Fsp3) is 0.421. The number of nitrogens with zero attached hydrogens (tertiary/aromatic N) is 3. The van der Waals surface area contributed by atoms with E-state index in [1.54, 1.807) is 29.3 Å². The third kappa shape index (κ3) is 4.54. The summed E-state index contributed by atoms with van der Waals surface area (Å²) in [5.74, 6) is 1.01. The number of ether oxygens (including phenoxy) is 1. The van der Waals surface area contributed by atoms with Gasteiger partial charge in [0, 0.05) is 37.5 Å². The number of amides is 1. The van der Waals surface area contributed by atoms with Crippen molar-refractivity contribution in [3.8, 4) is 11.4 Å². The van der Waals surface area contributed by atoms with Crippen LogP contribution in [-0.2, 0) is 4.74 Å². The standard InChI is InChI=1S/C19H24N4O2/c1-23(12-2-4-16-5-3-13-25-16)19(24)15-8-6-14(7-9-15)18-21-11-10-17(20)22-18/h6-11,16H,2-5,12-13H2,1H3,(H2,20,21,22). The number of aromatic nitrogens is 2. The van der Waals surface area contributed by atoms with Crippen molar-refractivity contribution in [2.24, 2.45) is 0 Å². The quantitative estimate of drug-likeness (QED) is 0.874. The zero-order valence-corrected chi connectivity index (χ0v) is 14.5. The number of benzene rings is 1. The zero-order valence-electron chi connectivity index (χ0n) is 14.5. The van der Waals surface area contributed by atoms with Crippen LogP contribution in [0, 0.1) is 0 Å². The highest BCUT2D eigenvalue weighted by Gasteiger charge is 2.16. The van der Waals surface area contributed by atoms with Gasteiger partial charge < -0.3 is 15.4 Å². The summed E-state index contributed by atoms with van der Waals surface area (Å²) in [7, 11) is 1.84. The smallest absolute Gasteiger partial charge is 0.253 e. The highest BCUT2D eigenvalue weighted by molar-refractivity contribution is 5.94. The van der Waals surface area contributed by atoms with Gasteiger partial charge in [-0.05, 0) is 43.9 Å². The van der Waals surface area contributed by atoms with Gasteiger partial charge >= 0.3 is 0 Å². The van der Waals surface area contributed by atoms with Gasteiger partial charge in [0.05, 0.1) is 6.10 Å². The van der Waals surface area contributed by atoms with Crippen molar-refractivity contribution < 1.29 is 9.53 Å². The van der Waals surface area contributed by atoms with Crippen LogP contribution in [0.4, 0.5) is 5.82 Å². The van der Waals surface area contributed by atoms with Gasteiger partial charge in [-0.15, -0.1) is 0 Å². The van der Waals surface area contributed by atoms with Gasteiger partial charge in [0.25, 0.3) is 5.91 Å². The number of hydrogen-bond acceptors (Lipinski definition) is 5. The molecule has 0 spiro atoms. The molecule has 1 unspecified atom stereocenters. The number of rotatable bonds is 6. The Bertz CT molecular complexity index is 712. The minimum Gasteiger partial charge on any atom is -0.384 e. The first-order valence-corrected chi connectivity index (χ1v) is 8.69. The molecule has 6 nitrogen and oxygen atoms in total. The zero-order chi connectivity index (χ0) is 17.6. The molecule has 3 rings (SSSR count). The second kappa shape index (κ2) is 8.07. The molecule has 0 saturated carbocycles. The lowest BCUT2D eigenvalue weighted by atomic mass is 10.1. The third-order valence-corrected chi connectivity index (χ3v) is 4.46. The Morgan fingerprint density at radius 3 is 2.80 bits per heavy atom. The van der Waals surface area contributed by atoms with Crippen LogP contribution in [0.3, 0.4) is 0 Å². The average molecular weight is 340 g/mol. The lowest BCUT2D eigenvalue weighted by molar-refractivity contribution is 0.0763. The second-order valence-corrected chi connectivity index (χ2v) is 6.39. The van der Waals surface area contributed by atoms with Gasteiger partial charge in [0.2, 0.25) is 0 Å². The fourth-order valence-electron chi connectivity index (χ4n) is 3.02. The van der Waals surface area contributed by atoms with Crippen molar-refractivity contribution in [2.45, 2.75) is 31.8 Å². The summed E-state index contributed by atoms with van der Waals surface area (Å²) in [4.78, 5) is 22.7. The van der Waals surface area contributed by atoms with Gasteiger partial charge in [-0.25, -0.2) is 9.97 Å². The maximum Gasteiger partial charge on any atom is 0.253 e. The largest absolute Gasteiger partial charge is 0.384 e. The molecule has 0 bridgehead atoms.